The number of aromatic nitrogens is 2. The molecule has 4 rings (SSSR count). The lowest BCUT2D eigenvalue weighted by Gasteiger charge is -2.05. The zero-order valence-corrected chi connectivity index (χ0v) is 17.2. The number of imide groups is 1. The highest BCUT2D eigenvalue weighted by atomic mass is 32.2. The van der Waals surface area contributed by atoms with Gasteiger partial charge < -0.3 is 0 Å². The van der Waals surface area contributed by atoms with Crippen molar-refractivity contribution in [1.82, 2.24) is 14.1 Å². The molecule has 30 heavy (non-hydrogen) atoms. The van der Waals surface area contributed by atoms with Gasteiger partial charge in [0.1, 0.15) is 5.69 Å². The average Bonchev–Trinajstić information content (AvgIpc) is 3.29. The van der Waals surface area contributed by atoms with Crippen molar-refractivity contribution in [3.8, 4) is 16.9 Å². The van der Waals surface area contributed by atoms with Crippen LogP contribution < -0.4 is 0 Å². The number of rotatable bonds is 5. The Hall–Kier alpha value is -3.37. The molecule has 1 aromatic heterocycles. The van der Waals surface area contributed by atoms with Crippen LogP contribution in [0.4, 0.5) is 10.5 Å². The van der Waals surface area contributed by atoms with Gasteiger partial charge in [-0.2, -0.15) is 5.10 Å². The number of thioether (sulfide) groups is 1. The van der Waals surface area contributed by atoms with Crippen LogP contribution in [0.15, 0.2) is 65.7 Å². The van der Waals surface area contributed by atoms with E-state index in [2.05, 4.69) is 5.10 Å². The van der Waals surface area contributed by atoms with E-state index in [1.165, 1.54) is 12.1 Å². The first-order chi connectivity index (χ1) is 14.5. The minimum absolute atomic E-state index is 0.0598. The van der Waals surface area contributed by atoms with Crippen LogP contribution in [-0.4, -0.2) is 36.4 Å². The Bertz CT molecular complexity index is 1190. The van der Waals surface area contributed by atoms with Gasteiger partial charge in [-0.05, 0) is 41.9 Å². The average molecular weight is 438 g/mol. The lowest BCUT2D eigenvalue weighted by Crippen LogP contribution is -2.19. The lowest BCUT2D eigenvalue weighted by molar-refractivity contribution is -0.384. The van der Waals surface area contributed by atoms with Gasteiger partial charge in [0.15, 0.2) is 0 Å². The number of para-hydroxylation sites is 1. The van der Waals surface area contributed by atoms with Crippen LogP contribution in [-0.2, 0) is 4.79 Å². The Morgan fingerprint density at radius 2 is 1.90 bits per heavy atom. The maximum Gasteiger partial charge on any atom is 0.303 e. The molecule has 8 nitrogen and oxygen atoms in total. The second kappa shape index (κ2) is 8.17. The number of carbonyl (C=O) groups excluding carboxylic acids is 2. The van der Waals surface area contributed by atoms with E-state index in [0.717, 1.165) is 33.7 Å². The van der Waals surface area contributed by atoms with E-state index in [4.69, 9.17) is 0 Å². The number of hydrogen-bond acceptors (Lipinski definition) is 7. The van der Waals surface area contributed by atoms with Crippen molar-refractivity contribution in [3.05, 3.63) is 81.4 Å². The van der Waals surface area contributed by atoms with Crippen LogP contribution in [0.1, 0.15) is 5.56 Å². The molecule has 0 saturated carbocycles. The van der Waals surface area contributed by atoms with E-state index < -0.39 is 10.8 Å². The number of amides is 2. The number of nitrogens with zero attached hydrogens (tertiary/aromatic N) is 4. The van der Waals surface area contributed by atoms with Crippen molar-refractivity contribution in [2.75, 3.05) is 6.26 Å². The van der Waals surface area contributed by atoms with Crippen LogP contribution >= 0.6 is 23.7 Å². The zero-order valence-electron chi connectivity index (χ0n) is 15.6. The van der Waals surface area contributed by atoms with Gasteiger partial charge in [-0.3, -0.25) is 19.7 Å². The summed E-state index contributed by atoms with van der Waals surface area (Å²) >= 11 is 1.90. The van der Waals surface area contributed by atoms with Gasteiger partial charge in [-0.1, -0.05) is 30.3 Å². The Morgan fingerprint density at radius 1 is 1.13 bits per heavy atom. The molecule has 2 amide bonds. The first-order valence-corrected chi connectivity index (χ1v) is 10.7. The van der Waals surface area contributed by atoms with Gasteiger partial charge in [-0.15, -0.1) is 0 Å². The first kappa shape index (κ1) is 19.9. The largest absolute Gasteiger partial charge is 0.303 e. The Labute approximate surface area is 179 Å². The number of non-ortho nitro benzene ring substituents is 1. The molecule has 0 radical (unpaired) electrons. The van der Waals surface area contributed by atoms with Crippen molar-refractivity contribution in [2.45, 2.75) is 0 Å². The van der Waals surface area contributed by atoms with Gasteiger partial charge >= 0.3 is 5.24 Å². The molecule has 0 aliphatic carbocycles. The van der Waals surface area contributed by atoms with Crippen LogP contribution in [0.5, 0.6) is 0 Å². The Kier molecular flexibility index (Phi) is 5.42. The molecular formula is C20H14N4O4S2. The smallest absolute Gasteiger partial charge is 0.267 e. The van der Waals surface area contributed by atoms with E-state index in [-0.39, 0.29) is 15.8 Å². The van der Waals surface area contributed by atoms with Crippen LogP contribution in [0.2, 0.25) is 0 Å². The van der Waals surface area contributed by atoms with Crippen molar-refractivity contribution in [1.29, 1.82) is 0 Å². The first-order valence-electron chi connectivity index (χ1n) is 8.70. The summed E-state index contributed by atoms with van der Waals surface area (Å²) < 4.78 is 2.73. The molecule has 1 aliphatic rings. The zero-order chi connectivity index (χ0) is 21.3. The number of nitro benzene ring substituents is 1. The molecule has 2 heterocycles. The summed E-state index contributed by atoms with van der Waals surface area (Å²) in [6.45, 7) is 0. The third-order valence-corrected chi connectivity index (χ3v) is 6.00. The molecule has 150 valence electrons. The topological polar surface area (TPSA) is 98.3 Å². The SMILES string of the molecule is CSN1C(=O)S/C(=C\c2cn(-c3ccccc3)nc2-c2cccc([N+](=O)[O-])c2)C1=O. The van der Waals surface area contributed by atoms with Gasteiger partial charge in [0, 0.05) is 35.7 Å². The standard InChI is InChI=1S/C20H14N4O4S2/c1-29-23-19(25)17(30-20(23)26)11-14-12-22(15-7-3-2-4-8-15)21-18(14)13-6-5-9-16(10-13)24(27)28/h2-12H,1H3/b17-11-. The molecule has 0 spiro atoms. The highest BCUT2D eigenvalue weighted by molar-refractivity contribution is 8.20. The van der Waals surface area contributed by atoms with Gasteiger partial charge in [0.05, 0.1) is 15.5 Å². The summed E-state index contributed by atoms with van der Waals surface area (Å²) in [4.78, 5) is 35.5. The number of benzene rings is 2. The second-order valence-electron chi connectivity index (χ2n) is 6.18. The summed E-state index contributed by atoms with van der Waals surface area (Å²) in [5.41, 5.74) is 2.31. The van der Waals surface area contributed by atoms with Crippen molar-refractivity contribution in [3.63, 3.8) is 0 Å². The predicted octanol–water partition coefficient (Wildman–Crippen LogP) is 4.76. The van der Waals surface area contributed by atoms with Crippen molar-refractivity contribution in [2.24, 2.45) is 0 Å². The molecule has 1 saturated heterocycles. The van der Waals surface area contributed by atoms with Gasteiger partial charge in [-0.25, -0.2) is 8.99 Å². The number of carbonyl (C=O) groups is 2. The number of nitro groups is 1. The predicted molar refractivity (Wildman–Crippen MR) is 117 cm³/mol. The minimum Gasteiger partial charge on any atom is -0.267 e. The Morgan fingerprint density at radius 3 is 2.57 bits per heavy atom. The minimum atomic E-state index is -0.471. The third-order valence-electron chi connectivity index (χ3n) is 4.32. The second-order valence-corrected chi connectivity index (χ2v) is 7.90. The molecule has 0 N–H and O–H groups in total. The molecular weight excluding hydrogens is 424 g/mol. The van der Waals surface area contributed by atoms with Gasteiger partial charge in [0.2, 0.25) is 0 Å². The summed E-state index contributed by atoms with van der Waals surface area (Å²) in [7, 11) is 0. The van der Waals surface area contributed by atoms with Crippen LogP contribution in [0.25, 0.3) is 23.0 Å². The summed E-state index contributed by atoms with van der Waals surface area (Å²) in [5, 5.41) is 15.4. The Balaban J connectivity index is 1.85. The normalized spacial score (nSPS) is 15.2. The monoisotopic (exact) mass is 438 g/mol. The van der Waals surface area contributed by atoms with Gasteiger partial charge in [0.25, 0.3) is 11.6 Å². The maximum absolute atomic E-state index is 12.5. The molecule has 0 bridgehead atoms. The van der Waals surface area contributed by atoms with E-state index in [1.54, 1.807) is 35.3 Å². The van der Waals surface area contributed by atoms with Crippen molar-refractivity contribution < 1.29 is 14.5 Å². The van der Waals surface area contributed by atoms with E-state index in [1.807, 2.05) is 30.3 Å². The van der Waals surface area contributed by atoms with Crippen molar-refractivity contribution >= 4 is 46.6 Å². The summed E-state index contributed by atoms with van der Waals surface area (Å²) in [5.74, 6) is -0.394. The van der Waals surface area contributed by atoms with E-state index in [0.29, 0.717) is 16.8 Å². The third kappa shape index (κ3) is 3.74. The van der Waals surface area contributed by atoms with Crippen LogP contribution in [0.3, 0.4) is 0 Å². The molecule has 1 aliphatic heterocycles. The fourth-order valence-corrected chi connectivity index (χ4v) is 4.47. The lowest BCUT2D eigenvalue weighted by atomic mass is 10.1. The fraction of sp³-hybridized carbons (Fsp3) is 0.0500. The highest BCUT2D eigenvalue weighted by Crippen LogP contribution is 2.37. The molecule has 1 fully saturated rings. The summed E-state index contributed by atoms with van der Waals surface area (Å²) in [6.07, 6.45) is 4.99. The molecule has 3 aromatic rings. The highest BCUT2D eigenvalue weighted by Gasteiger charge is 2.35. The molecule has 10 heteroatoms. The number of hydrogen-bond donors (Lipinski definition) is 0. The molecule has 2 aromatic carbocycles. The molecule has 0 atom stereocenters. The van der Waals surface area contributed by atoms with E-state index in [9.17, 15) is 19.7 Å². The summed E-state index contributed by atoms with van der Waals surface area (Å²) in [6, 6.07) is 15.5. The maximum atomic E-state index is 12.5. The fourth-order valence-electron chi connectivity index (χ4n) is 2.95. The van der Waals surface area contributed by atoms with Crippen LogP contribution in [0, 0.1) is 10.1 Å². The van der Waals surface area contributed by atoms with E-state index >= 15 is 0 Å². The molecule has 0 unspecified atom stereocenters. The quantitative estimate of drug-likeness (QED) is 0.245.